The molecule has 0 aliphatic rings. The van der Waals surface area contributed by atoms with Crippen LogP contribution in [0.3, 0.4) is 0 Å². The first kappa shape index (κ1) is 26.0. The number of unbranched alkanes of at least 4 members (excludes halogenated alkanes) is 11. The van der Waals surface area contributed by atoms with Crippen molar-refractivity contribution in [1.82, 2.24) is 9.97 Å². The van der Waals surface area contributed by atoms with Gasteiger partial charge in [-0.05, 0) is 43.5 Å². The summed E-state index contributed by atoms with van der Waals surface area (Å²) in [6.07, 6.45) is 21.3. The van der Waals surface area contributed by atoms with Gasteiger partial charge < -0.3 is 4.74 Å². The van der Waals surface area contributed by atoms with Crippen LogP contribution in [0, 0.1) is 0 Å². The number of nitrogens with zero attached hydrogens (tertiary/aromatic N) is 2. The summed E-state index contributed by atoms with van der Waals surface area (Å²) in [6.45, 7) is 4.46. The smallest absolute Gasteiger partial charge is 0.311 e. The van der Waals surface area contributed by atoms with Gasteiger partial charge in [-0.1, -0.05) is 84.5 Å². The molecular formula is C28H42N2O2. The lowest BCUT2D eigenvalue weighted by atomic mass is 10.1. The summed E-state index contributed by atoms with van der Waals surface area (Å²) in [6, 6.07) is 7.55. The molecule has 0 aliphatic carbocycles. The molecule has 0 radical (unpaired) electrons. The quantitative estimate of drug-likeness (QED) is 0.142. The molecule has 4 heteroatoms. The van der Waals surface area contributed by atoms with E-state index in [0.29, 0.717) is 12.2 Å². The van der Waals surface area contributed by atoms with Crippen molar-refractivity contribution in [1.29, 1.82) is 0 Å². The van der Waals surface area contributed by atoms with Crippen LogP contribution in [-0.2, 0) is 11.2 Å². The summed E-state index contributed by atoms with van der Waals surface area (Å²) in [7, 11) is 0. The van der Waals surface area contributed by atoms with Gasteiger partial charge in [-0.2, -0.15) is 0 Å². The van der Waals surface area contributed by atoms with Gasteiger partial charge in [0.05, 0.1) is 17.6 Å². The molecule has 0 atom stereocenters. The summed E-state index contributed by atoms with van der Waals surface area (Å²) in [4.78, 5) is 21.2. The largest absolute Gasteiger partial charge is 0.427 e. The molecule has 0 spiro atoms. The molecule has 2 rings (SSSR count). The average molecular weight is 439 g/mol. The summed E-state index contributed by atoms with van der Waals surface area (Å²) in [5.41, 5.74) is 2.89. The molecule has 2 aromatic rings. The van der Waals surface area contributed by atoms with Crippen molar-refractivity contribution < 1.29 is 9.53 Å². The lowest BCUT2D eigenvalue weighted by molar-refractivity contribution is -0.134. The van der Waals surface area contributed by atoms with Crippen molar-refractivity contribution in [3.05, 3.63) is 42.4 Å². The summed E-state index contributed by atoms with van der Waals surface area (Å²) >= 11 is 0. The molecule has 176 valence electrons. The number of hydrogen-bond donors (Lipinski definition) is 0. The summed E-state index contributed by atoms with van der Waals surface area (Å²) < 4.78 is 5.46. The van der Waals surface area contributed by atoms with Crippen LogP contribution in [0.4, 0.5) is 0 Å². The monoisotopic (exact) mass is 438 g/mol. The number of aromatic nitrogens is 2. The maximum Gasteiger partial charge on any atom is 0.311 e. The molecule has 1 aromatic heterocycles. The van der Waals surface area contributed by atoms with Gasteiger partial charge in [0.15, 0.2) is 0 Å². The SMILES string of the molecule is CCCCCCCCCc1cnc(-c2ccc(OC(=O)CCCCCCCC)cc2)cn1. The van der Waals surface area contributed by atoms with E-state index >= 15 is 0 Å². The molecule has 32 heavy (non-hydrogen) atoms. The third-order valence-corrected chi connectivity index (χ3v) is 5.86. The Bertz CT molecular complexity index is 741. The fourth-order valence-corrected chi connectivity index (χ4v) is 3.82. The van der Waals surface area contributed by atoms with Gasteiger partial charge >= 0.3 is 5.97 Å². The van der Waals surface area contributed by atoms with Gasteiger partial charge in [0.1, 0.15) is 5.75 Å². The Morgan fingerprint density at radius 2 is 1.31 bits per heavy atom. The molecule has 0 aliphatic heterocycles. The second-order valence-electron chi connectivity index (χ2n) is 8.78. The number of hydrogen-bond acceptors (Lipinski definition) is 4. The van der Waals surface area contributed by atoms with Crippen molar-refractivity contribution in [2.45, 2.75) is 110 Å². The van der Waals surface area contributed by atoms with E-state index in [2.05, 4.69) is 23.8 Å². The molecule has 1 heterocycles. The van der Waals surface area contributed by atoms with Crippen LogP contribution in [0.2, 0.25) is 0 Å². The molecule has 1 aromatic carbocycles. The van der Waals surface area contributed by atoms with Crippen molar-refractivity contribution in [3.63, 3.8) is 0 Å². The Kier molecular flexibility index (Phi) is 13.3. The number of carbonyl (C=O) groups is 1. The Hall–Kier alpha value is -2.23. The molecule has 0 fully saturated rings. The van der Waals surface area contributed by atoms with Crippen LogP contribution in [0.5, 0.6) is 5.75 Å². The third kappa shape index (κ3) is 10.9. The van der Waals surface area contributed by atoms with Gasteiger partial charge in [-0.25, -0.2) is 0 Å². The van der Waals surface area contributed by atoms with E-state index < -0.39 is 0 Å². The minimum absolute atomic E-state index is 0.150. The number of esters is 1. The van der Waals surface area contributed by atoms with E-state index in [-0.39, 0.29) is 5.97 Å². The highest BCUT2D eigenvalue weighted by atomic mass is 16.5. The molecule has 4 nitrogen and oxygen atoms in total. The minimum atomic E-state index is -0.150. The fourth-order valence-electron chi connectivity index (χ4n) is 3.82. The van der Waals surface area contributed by atoms with Crippen LogP contribution in [0.25, 0.3) is 11.3 Å². The molecule has 0 amide bonds. The lowest BCUT2D eigenvalue weighted by Crippen LogP contribution is -2.07. The highest BCUT2D eigenvalue weighted by molar-refractivity contribution is 5.72. The maximum atomic E-state index is 12.0. The van der Waals surface area contributed by atoms with E-state index in [1.54, 1.807) is 0 Å². The second-order valence-corrected chi connectivity index (χ2v) is 8.78. The summed E-state index contributed by atoms with van der Waals surface area (Å²) in [5, 5.41) is 0. The molecular weight excluding hydrogens is 396 g/mol. The van der Waals surface area contributed by atoms with E-state index in [4.69, 9.17) is 4.74 Å². The Labute approximate surface area is 195 Å². The van der Waals surface area contributed by atoms with Crippen LogP contribution >= 0.6 is 0 Å². The first-order valence-corrected chi connectivity index (χ1v) is 12.8. The first-order chi connectivity index (χ1) is 15.7. The summed E-state index contributed by atoms with van der Waals surface area (Å²) in [5.74, 6) is 0.441. The molecule has 0 N–H and O–H groups in total. The third-order valence-electron chi connectivity index (χ3n) is 5.86. The number of rotatable bonds is 17. The zero-order chi connectivity index (χ0) is 22.9. The fraction of sp³-hybridized carbons (Fsp3) is 0.607. The van der Waals surface area contributed by atoms with Crippen LogP contribution in [-0.4, -0.2) is 15.9 Å². The normalized spacial score (nSPS) is 10.9. The first-order valence-electron chi connectivity index (χ1n) is 12.8. The van der Waals surface area contributed by atoms with Crippen molar-refractivity contribution >= 4 is 5.97 Å². The zero-order valence-corrected chi connectivity index (χ0v) is 20.3. The maximum absolute atomic E-state index is 12.0. The van der Waals surface area contributed by atoms with Crippen molar-refractivity contribution in [2.24, 2.45) is 0 Å². The molecule has 0 unspecified atom stereocenters. The number of aryl methyl sites for hydroxylation is 1. The van der Waals surface area contributed by atoms with Crippen molar-refractivity contribution in [2.75, 3.05) is 0 Å². The van der Waals surface area contributed by atoms with Crippen LogP contribution in [0.1, 0.15) is 109 Å². The highest BCUT2D eigenvalue weighted by Crippen LogP contribution is 2.21. The average Bonchev–Trinajstić information content (AvgIpc) is 2.82. The second kappa shape index (κ2) is 16.4. The van der Waals surface area contributed by atoms with Crippen molar-refractivity contribution in [3.8, 4) is 17.0 Å². The standard InChI is InChI=1S/C28H42N2O2/c1-3-5-7-9-11-12-14-16-25-22-30-27(23-29-25)24-18-20-26(21-19-24)32-28(31)17-15-13-10-8-6-4-2/h18-23H,3-17H2,1-2H3. The number of carbonyl (C=O) groups excluding carboxylic acids is 1. The van der Waals surface area contributed by atoms with E-state index in [9.17, 15) is 4.79 Å². The highest BCUT2D eigenvalue weighted by Gasteiger charge is 2.06. The number of benzene rings is 1. The lowest BCUT2D eigenvalue weighted by Gasteiger charge is -2.06. The van der Waals surface area contributed by atoms with Gasteiger partial charge in [0.25, 0.3) is 0 Å². The van der Waals surface area contributed by atoms with Gasteiger partial charge in [0.2, 0.25) is 0 Å². The minimum Gasteiger partial charge on any atom is -0.427 e. The van der Waals surface area contributed by atoms with Gasteiger partial charge in [0, 0.05) is 18.2 Å². The molecule has 0 saturated heterocycles. The van der Waals surface area contributed by atoms with Crippen LogP contribution < -0.4 is 4.74 Å². The van der Waals surface area contributed by atoms with Gasteiger partial charge in [-0.15, -0.1) is 0 Å². The molecule has 0 bridgehead atoms. The molecule has 0 saturated carbocycles. The number of ether oxygens (including phenoxy) is 1. The van der Waals surface area contributed by atoms with E-state index in [0.717, 1.165) is 36.2 Å². The van der Waals surface area contributed by atoms with Crippen LogP contribution in [0.15, 0.2) is 36.7 Å². The predicted molar refractivity (Wildman–Crippen MR) is 133 cm³/mol. The van der Waals surface area contributed by atoms with Gasteiger partial charge in [-0.3, -0.25) is 14.8 Å². The topological polar surface area (TPSA) is 52.1 Å². The Balaban J connectivity index is 1.69. The Morgan fingerprint density at radius 3 is 1.91 bits per heavy atom. The Morgan fingerprint density at radius 1 is 0.719 bits per heavy atom. The predicted octanol–water partition coefficient (Wildman–Crippen LogP) is 8.09. The zero-order valence-electron chi connectivity index (χ0n) is 20.3. The van der Waals surface area contributed by atoms with E-state index in [1.807, 2.05) is 36.7 Å². The van der Waals surface area contributed by atoms with E-state index in [1.165, 1.54) is 70.6 Å².